The van der Waals surface area contributed by atoms with E-state index in [1.807, 2.05) is 6.07 Å². The normalized spacial score (nSPS) is 20.8. The number of thiophene rings is 1. The first-order valence-electron chi connectivity index (χ1n) is 9.70. The van der Waals surface area contributed by atoms with Crippen molar-refractivity contribution in [3.63, 3.8) is 0 Å². The Morgan fingerprint density at radius 2 is 1.79 bits per heavy atom. The summed E-state index contributed by atoms with van der Waals surface area (Å²) in [6.07, 6.45) is 5.81. The Bertz CT molecular complexity index is 1130. The van der Waals surface area contributed by atoms with Crippen LogP contribution in [0, 0.1) is 0 Å². The molecule has 3 aromatic rings. The highest BCUT2D eigenvalue weighted by atomic mass is 32.2. The van der Waals surface area contributed by atoms with E-state index in [4.69, 9.17) is 4.74 Å². The van der Waals surface area contributed by atoms with Gasteiger partial charge in [-0.1, -0.05) is 0 Å². The minimum atomic E-state index is -3.52. The average Bonchev–Trinajstić information content (AvgIpc) is 3.07. The Morgan fingerprint density at radius 3 is 2.45 bits per heavy atom. The standard InChI is InChI=1S/C20H26N4O3S2/c1-23(2)13-5-7-14(8-6-13)27-19-18-16-11-15(29(25,26)24(3)4)9-10-17(16)28-20(18)22-12-21-19/h9-14H,5-8H2,1-4H3/t13-,14-. The molecule has 0 bridgehead atoms. The van der Waals surface area contributed by atoms with Crippen LogP contribution in [0.25, 0.3) is 20.3 Å². The van der Waals surface area contributed by atoms with E-state index >= 15 is 0 Å². The highest BCUT2D eigenvalue weighted by molar-refractivity contribution is 7.89. The zero-order valence-electron chi connectivity index (χ0n) is 17.1. The molecule has 1 aromatic carbocycles. The van der Waals surface area contributed by atoms with Gasteiger partial charge in [-0.15, -0.1) is 11.3 Å². The molecular weight excluding hydrogens is 408 g/mol. The summed E-state index contributed by atoms with van der Waals surface area (Å²) in [6.45, 7) is 0. The molecule has 156 valence electrons. The van der Waals surface area contributed by atoms with E-state index in [0.29, 0.717) is 11.9 Å². The quantitative estimate of drug-likeness (QED) is 0.613. The molecule has 29 heavy (non-hydrogen) atoms. The Hall–Kier alpha value is -1.81. The van der Waals surface area contributed by atoms with Crippen LogP contribution in [0.5, 0.6) is 5.88 Å². The molecule has 1 saturated carbocycles. The van der Waals surface area contributed by atoms with Crippen LogP contribution in [0.1, 0.15) is 25.7 Å². The van der Waals surface area contributed by atoms with E-state index in [-0.39, 0.29) is 11.0 Å². The molecule has 0 spiro atoms. The fraction of sp³-hybridized carbons (Fsp3) is 0.500. The van der Waals surface area contributed by atoms with Gasteiger partial charge < -0.3 is 9.64 Å². The zero-order chi connectivity index (χ0) is 20.8. The van der Waals surface area contributed by atoms with Crippen molar-refractivity contribution in [3.05, 3.63) is 24.5 Å². The molecule has 1 aliphatic carbocycles. The molecule has 0 N–H and O–H groups in total. The van der Waals surface area contributed by atoms with Crippen LogP contribution in [0.15, 0.2) is 29.4 Å². The van der Waals surface area contributed by atoms with E-state index < -0.39 is 10.0 Å². The number of ether oxygens (including phenoxy) is 1. The van der Waals surface area contributed by atoms with Crippen molar-refractivity contribution in [2.75, 3.05) is 28.2 Å². The highest BCUT2D eigenvalue weighted by Crippen LogP contribution is 2.39. The molecule has 0 saturated heterocycles. The molecule has 0 aliphatic heterocycles. The molecule has 0 amide bonds. The predicted octanol–water partition coefficient (Wildman–Crippen LogP) is 3.35. The molecule has 0 unspecified atom stereocenters. The number of rotatable bonds is 5. The van der Waals surface area contributed by atoms with Gasteiger partial charge in [-0.05, 0) is 58.0 Å². The fourth-order valence-electron chi connectivity index (χ4n) is 3.86. The number of sulfonamides is 1. The van der Waals surface area contributed by atoms with Crippen LogP contribution in [0.2, 0.25) is 0 Å². The van der Waals surface area contributed by atoms with Crippen LogP contribution in [0.3, 0.4) is 0 Å². The van der Waals surface area contributed by atoms with E-state index in [9.17, 15) is 8.42 Å². The van der Waals surface area contributed by atoms with E-state index in [1.165, 1.54) is 36.1 Å². The van der Waals surface area contributed by atoms with E-state index in [2.05, 4.69) is 29.0 Å². The smallest absolute Gasteiger partial charge is 0.242 e. The number of nitrogens with zero attached hydrogens (tertiary/aromatic N) is 4. The van der Waals surface area contributed by atoms with Gasteiger partial charge in [0.1, 0.15) is 17.3 Å². The molecule has 4 rings (SSSR count). The second-order valence-electron chi connectivity index (χ2n) is 7.92. The lowest BCUT2D eigenvalue weighted by atomic mass is 9.92. The third-order valence-corrected chi connectivity index (χ3v) is 8.53. The molecule has 2 aromatic heterocycles. The molecule has 9 heteroatoms. The molecular formula is C20H26N4O3S2. The van der Waals surface area contributed by atoms with Crippen LogP contribution in [0.4, 0.5) is 0 Å². The van der Waals surface area contributed by atoms with Crippen molar-refractivity contribution in [1.82, 2.24) is 19.2 Å². The SMILES string of the molecule is CN(C)S(=O)(=O)c1ccc2sc3ncnc(O[C@H]4CC[C@H](N(C)C)CC4)c3c2c1. The van der Waals surface area contributed by atoms with Crippen molar-refractivity contribution < 1.29 is 13.2 Å². The number of aromatic nitrogens is 2. The fourth-order valence-corrected chi connectivity index (χ4v) is 5.80. The summed E-state index contributed by atoms with van der Waals surface area (Å²) in [7, 11) is 3.80. The maximum Gasteiger partial charge on any atom is 0.242 e. The Morgan fingerprint density at radius 1 is 1.07 bits per heavy atom. The maximum atomic E-state index is 12.6. The number of hydrogen-bond acceptors (Lipinski definition) is 7. The summed E-state index contributed by atoms with van der Waals surface area (Å²) in [5.74, 6) is 0.550. The van der Waals surface area contributed by atoms with Crippen molar-refractivity contribution in [2.24, 2.45) is 0 Å². The van der Waals surface area contributed by atoms with Crippen LogP contribution >= 0.6 is 11.3 Å². The van der Waals surface area contributed by atoms with Gasteiger partial charge in [0.25, 0.3) is 0 Å². The van der Waals surface area contributed by atoms with Crippen molar-refractivity contribution in [1.29, 1.82) is 0 Å². The van der Waals surface area contributed by atoms with Gasteiger partial charge in [-0.3, -0.25) is 0 Å². The van der Waals surface area contributed by atoms with Crippen LogP contribution in [-0.4, -0.2) is 67.9 Å². The van der Waals surface area contributed by atoms with Gasteiger partial charge in [-0.25, -0.2) is 22.7 Å². The number of benzene rings is 1. The minimum Gasteiger partial charge on any atom is -0.474 e. The number of hydrogen-bond donors (Lipinski definition) is 0. The molecule has 2 heterocycles. The Kier molecular flexibility index (Phi) is 5.50. The van der Waals surface area contributed by atoms with E-state index in [0.717, 1.165) is 46.0 Å². The van der Waals surface area contributed by atoms with Crippen LogP contribution in [-0.2, 0) is 10.0 Å². The van der Waals surface area contributed by atoms with Crippen LogP contribution < -0.4 is 4.74 Å². The van der Waals surface area contributed by atoms with E-state index in [1.54, 1.807) is 12.1 Å². The molecule has 0 radical (unpaired) electrons. The summed E-state index contributed by atoms with van der Waals surface area (Å²) in [4.78, 5) is 12.2. The Balaban J connectivity index is 1.72. The van der Waals surface area contributed by atoms with Crippen molar-refractivity contribution >= 4 is 41.7 Å². The summed E-state index contributed by atoms with van der Waals surface area (Å²) < 4.78 is 33.7. The Labute approximate surface area is 175 Å². The summed E-state index contributed by atoms with van der Waals surface area (Å²) in [5, 5.41) is 1.63. The highest BCUT2D eigenvalue weighted by Gasteiger charge is 2.26. The minimum absolute atomic E-state index is 0.118. The van der Waals surface area contributed by atoms with Gasteiger partial charge in [0.2, 0.25) is 15.9 Å². The lowest BCUT2D eigenvalue weighted by Crippen LogP contribution is -2.35. The van der Waals surface area contributed by atoms with Gasteiger partial charge in [0.05, 0.1) is 10.3 Å². The third-order valence-electron chi connectivity index (χ3n) is 5.64. The maximum absolute atomic E-state index is 12.6. The number of fused-ring (bicyclic) bond motifs is 3. The molecule has 1 fully saturated rings. The first kappa shape index (κ1) is 20.5. The lowest BCUT2D eigenvalue weighted by molar-refractivity contribution is 0.108. The first-order valence-corrected chi connectivity index (χ1v) is 12.0. The van der Waals surface area contributed by atoms with Crippen molar-refractivity contribution in [2.45, 2.75) is 42.7 Å². The average molecular weight is 435 g/mol. The first-order chi connectivity index (χ1) is 13.8. The van der Waals surface area contributed by atoms with Crippen molar-refractivity contribution in [3.8, 4) is 5.88 Å². The lowest BCUT2D eigenvalue weighted by Gasteiger charge is -2.32. The molecule has 0 atom stereocenters. The third kappa shape index (κ3) is 3.84. The predicted molar refractivity (Wildman–Crippen MR) is 116 cm³/mol. The summed E-state index contributed by atoms with van der Waals surface area (Å²) >= 11 is 1.52. The second kappa shape index (κ2) is 7.79. The monoisotopic (exact) mass is 434 g/mol. The summed E-state index contributed by atoms with van der Waals surface area (Å²) in [6, 6.07) is 5.79. The molecule has 1 aliphatic rings. The molecule has 7 nitrogen and oxygen atoms in total. The second-order valence-corrected chi connectivity index (χ2v) is 11.1. The topological polar surface area (TPSA) is 75.6 Å². The van der Waals surface area contributed by atoms with Gasteiger partial charge in [0, 0.05) is 30.2 Å². The zero-order valence-corrected chi connectivity index (χ0v) is 18.8. The van der Waals surface area contributed by atoms with Gasteiger partial charge >= 0.3 is 0 Å². The summed E-state index contributed by atoms with van der Waals surface area (Å²) in [5.41, 5.74) is 0. The van der Waals surface area contributed by atoms with Gasteiger partial charge in [0.15, 0.2) is 0 Å². The largest absolute Gasteiger partial charge is 0.474 e. The van der Waals surface area contributed by atoms with Gasteiger partial charge in [-0.2, -0.15) is 0 Å².